The van der Waals surface area contributed by atoms with Crippen LogP contribution in [0.5, 0.6) is 0 Å². The first-order valence-electron chi connectivity index (χ1n) is 7.47. The van der Waals surface area contributed by atoms with E-state index in [9.17, 15) is 8.42 Å². The zero-order chi connectivity index (χ0) is 15.3. The van der Waals surface area contributed by atoms with E-state index in [1.165, 1.54) is 25.5 Å². The Balaban J connectivity index is 2.05. The van der Waals surface area contributed by atoms with Gasteiger partial charge < -0.3 is 4.98 Å². The molecule has 1 unspecified atom stereocenters. The molecule has 0 spiro atoms. The lowest BCUT2D eigenvalue weighted by Gasteiger charge is -2.37. The van der Waals surface area contributed by atoms with E-state index in [2.05, 4.69) is 18.8 Å². The molecule has 1 aliphatic carbocycles. The smallest absolute Gasteiger partial charge is 0.175 e. The Morgan fingerprint density at radius 3 is 2.71 bits per heavy atom. The SMILES string of the molecule is CC1(C)CCCCC1c1nc2ccc(S(C)(=O)=O)cc2[nH]1. The van der Waals surface area contributed by atoms with Crippen molar-refractivity contribution >= 4 is 20.9 Å². The van der Waals surface area contributed by atoms with Gasteiger partial charge in [0.2, 0.25) is 0 Å². The highest BCUT2D eigenvalue weighted by molar-refractivity contribution is 7.90. The first-order valence-corrected chi connectivity index (χ1v) is 9.36. The lowest BCUT2D eigenvalue weighted by atomic mass is 9.68. The first kappa shape index (κ1) is 14.6. The van der Waals surface area contributed by atoms with Crippen LogP contribution in [0.15, 0.2) is 23.1 Å². The maximum Gasteiger partial charge on any atom is 0.175 e. The van der Waals surface area contributed by atoms with Crippen LogP contribution in [-0.4, -0.2) is 24.6 Å². The monoisotopic (exact) mass is 306 g/mol. The maximum atomic E-state index is 11.7. The van der Waals surface area contributed by atoms with Crippen molar-refractivity contribution in [1.82, 2.24) is 9.97 Å². The molecule has 0 amide bonds. The minimum atomic E-state index is -3.18. The number of fused-ring (bicyclic) bond motifs is 1. The van der Waals surface area contributed by atoms with Gasteiger partial charge in [0.1, 0.15) is 5.82 Å². The molecule has 1 fully saturated rings. The zero-order valence-electron chi connectivity index (χ0n) is 12.8. The van der Waals surface area contributed by atoms with E-state index in [-0.39, 0.29) is 5.41 Å². The van der Waals surface area contributed by atoms with Gasteiger partial charge >= 0.3 is 0 Å². The van der Waals surface area contributed by atoms with Crippen LogP contribution in [0.3, 0.4) is 0 Å². The summed E-state index contributed by atoms with van der Waals surface area (Å²) in [5.41, 5.74) is 1.90. The van der Waals surface area contributed by atoms with Gasteiger partial charge in [-0.3, -0.25) is 0 Å². The van der Waals surface area contributed by atoms with Crippen molar-refractivity contribution in [2.24, 2.45) is 5.41 Å². The molecule has 3 rings (SSSR count). The molecule has 1 aromatic carbocycles. The molecule has 1 saturated carbocycles. The van der Waals surface area contributed by atoms with Crippen molar-refractivity contribution in [3.05, 3.63) is 24.0 Å². The molecule has 5 heteroatoms. The Morgan fingerprint density at radius 2 is 2.05 bits per heavy atom. The summed E-state index contributed by atoms with van der Waals surface area (Å²) in [5.74, 6) is 1.42. The lowest BCUT2D eigenvalue weighted by Crippen LogP contribution is -2.26. The molecule has 114 valence electrons. The second-order valence-electron chi connectivity index (χ2n) is 6.86. The minimum Gasteiger partial charge on any atom is -0.342 e. The standard InChI is InChI=1S/C16H22N2O2S/c1-16(2)9-5-4-6-12(16)15-17-13-8-7-11(21(3,19)20)10-14(13)18-15/h7-8,10,12H,4-6,9H2,1-3H3,(H,17,18). The van der Waals surface area contributed by atoms with Crippen molar-refractivity contribution in [3.63, 3.8) is 0 Å². The molecule has 1 aromatic heterocycles. The summed E-state index contributed by atoms with van der Waals surface area (Å²) < 4.78 is 23.3. The average molecular weight is 306 g/mol. The van der Waals surface area contributed by atoms with Crippen LogP contribution >= 0.6 is 0 Å². The van der Waals surface area contributed by atoms with Crippen LogP contribution in [0.1, 0.15) is 51.3 Å². The van der Waals surface area contributed by atoms with Crippen LogP contribution < -0.4 is 0 Å². The largest absolute Gasteiger partial charge is 0.342 e. The molecular formula is C16H22N2O2S. The normalized spacial score (nSPS) is 22.5. The number of sulfone groups is 1. The van der Waals surface area contributed by atoms with Crippen LogP contribution in [0.2, 0.25) is 0 Å². The van der Waals surface area contributed by atoms with Gasteiger partial charge in [0, 0.05) is 12.2 Å². The van der Waals surface area contributed by atoms with Crippen LogP contribution in [-0.2, 0) is 9.84 Å². The highest BCUT2D eigenvalue weighted by atomic mass is 32.2. The summed E-state index contributed by atoms with van der Waals surface area (Å²) in [6, 6.07) is 5.12. The highest BCUT2D eigenvalue weighted by Gasteiger charge is 2.35. The number of aromatic amines is 1. The third-order valence-corrected chi connectivity index (χ3v) is 5.85. The second-order valence-corrected chi connectivity index (χ2v) is 8.88. The zero-order valence-corrected chi connectivity index (χ0v) is 13.6. The fraction of sp³-hybridized carbons (Fsp3) is 0.562. The number of aromatic nitrogens is 2. The van der Waals surface area contributed by atoms with Gasteiger partial charge in [-0.05, 0) is 36.5 Å². The van der Waals surface area contributed by atoms with Gasteiger partial charge in [0.05, 0.1) is 15.9 Å². The number of hydrogen-bond acceptors (Lipinski definition) is 3. The van der Waals surface area contributed by atoms with Crippen molar-refractivity contribution in [1.29, 1.82) is 0 Å². The van der Waals surface area contributed by atoms with Crippen molar-refractivity contribution in [3.8, 4) is 0 Å². The molecule has 1 heterocycles. The number of rotatable bonds is 2. The second kappa shape index (κ2) is 4.83. The lowest BCUT2D eigenvalue weighted by molar-refractivity contribution is 0.193. The minimum absolute atomic E-state index is 0.242. The van der Waals surface area contributed by atoms with Crippen LogP contribution in [0.25, 0.3) is 11.0 Å². The van der Waals surface area contributed by atoms with Crippen molar-refractivity contribution in [2.45, 2.75) is 50.3 Å². The fourth-order valence-electron chi connectivity index (χ4n) is 3.41. The van der Waals surface area contributed by atoms with Gasteiger partial charge in [0.25, 0.3) is 0 Å². The number of hydrogen-bond donors (Lipinski definition) is 1. The number of H-pyrrole nitrogens is 1. The molecule has 0 radical (unpaired) electrons. The Labute approximate surface area is 125 Å². The van der Waals surface area contributed by atoms with E-state index in [1.807, 2.05) is 0 Å². The molecule has 2 aromatic rings. The van der Waals surface area contributed by atoms with Crippen LogP contribution in [0.4, 0.5) is 0 Å². The highest BCUT2D eigenvalue weighted by Crippen LogP contribution is 2.46. The summed E-state index contributed by atoms with van der Waals surface area (Å²) in [6.07, 6.45) is 6.10. The average Bonchev–Trinajstić information content (AvgIpc) is 2.79. The predicted molar refractivity (Wildman–Crippen MR) is 84.2 cm³/mol. The topological polar surface area (TPSA) is 62.8 Å². The molecule has 0 bridgehead atoms. The predicted octanol–water partition coefficient (Wildman–Crippen LogP) is 3.65. The number of imidazole rings is 1. The third-order valence-electron chi connectivity index (χ3n) is 4.74. The summed E-state index contributed by atoms with van der Waals surface area (Å²) in [6.45, 7) is 4.60. The molecule has 1 aliphatic rings. The van der Waals surface area contributed by atoms with Gasteiger partial charge in [-0.15, -0.1) is 0 Å². The Bertz CT molecular complexity index is 775. The van der Waals surface area contributed by atoms with E-state index in [4.69, 9.17) is 4.98 Å². The van der Waals surface area contributed by atoms with Gasteiger partial charge in [-0.2, -0.15) is 0 Å². The Kier molecular flexibility index (Phi) is 3.35. The quantitative estimate of drug-likeness (QED) is 0.921. The van der Waals surface area contributed by atoms with E-state index >= 15 is 0 Å². The molecule has 1 atom stereocenters. The fourth-order valence-corrected chi connectivity index (χ4v) is 4.05. The van der Waals surface area contributed by atoms with E-state index in [0.29, 0.717) is 10.8 Å². The molecule has 21 heavy (non-hydrogen) atoms. The van der Waals surface area contributed by atoms with E-state index < -0.39 is 9.84 Å². The third kappa shape index (κ3) is 2.71. The Morgan fingerprint density at radius 1 is 1.29 bits per heavy atom. The van der Waals surface area contributed by atoms with E-state index in [0.717, 1.165) is 23.3 Å². The summed E-state index contributed by atoms with van der Waals surface area (Å²) >= 11 is 0. The number of nitrogens with one attached hydrogen (secondary N) is 1. The maximum absolute atomic E-state index is 11.7. The van der Waals surface area contributed by atoms with Gasteiger partial charge in [-0.1, -0.05) is 26.7 Å². The number of benzene rings is 1. The van der Waals surface area contributed by atoms with Gasteiger partial charge in [-0.25, -0.2) is 13.4 Å². The first-order chi connectivity index (χ1) is 9.77. The molecule has 0 saturated heterocycles. The van der Waals surface area contributed by atoms with Gasteiger partial charge in [0.15, 0.2) is 9.84 Å². The van der Waals surface area contributed by atoms with Crippen molar-refractivity contribution < 1.29 is 8.42 Å². The Hall–Kier alpha value is -1.36. The summed E-state index contributed by atoms with van der Waals surface area (Å²) in [5, 5.41) is 0. The summed E-state index contributed by atoms with van der Waals surface area (Å²) in [4.78, 5) is 8.40. The molecular weight excluding hydrogens is 284 g/mol. The molecule has 4 nitrogen and oxygen atoms in total. The molecule has 0 aliphatic heterocycles. The van der Waals surface area contributed by atoms with Crippen LogP contribution in [0, 0.1) is 5.41 Å². The number of nitrogens with zero attached hydrogens (tertiary/aromatic N) is 1. The summed E-state index contributed by atoms with van der Waals surface area (Å²) in [7, 11) is -3.18. The van der Waals surface area contributed by atoms with E-state index in [1.54, 1.807) is 18.2 Å². The van der Waals surface area contributed by atoms with Crippen molar-refractivity contribution in [2.75, 3.05) is 6.26 Å². The molecule has 1 N–H and O–H groups in total.